The fourth-order valence-corrected chi connectivity index (χ4v) is 5.35. The predicted octanol–water partition coefficient (Wildman–Crippen LogP) is 7.05. The van der Waals surface area contributed by atoms with E-state index in [1.165, 1.54) is 5.56 Å². The van der Waals surface area contributed by atoms with Crippen molar-refractivity contribution in [3.63, 3.8) is 0 Å². The molecule has 0 saturated heterocycles. The second kappa shape index (κ2) is 13.2. The highest BCUT2D eigenvalue weighted by Gasteiger charge is 2.39. The van der Waals surface area contributed by atoms with Crippen molar-refractivity contribution in [2.45, 2.75) is 62.3 Å². The maximum atomic E-state index is 13.4. The minimum Gasteiger partial charge on any atom is -0.463 e. The SMILES string of the molecule is CCOC(=O)C1=C(CCC(Br)c2ccccc2)NC(C)=C(C(=O)OC(C)C)C1c1cccc(SC)c1. The lowest BCUT2D eigenvalue weighted by molar-refractivity contribution is -0.143. The Balaban J connectivity index is 2.10. The van der Waals surface area contributed by atoms with Crippen LogP contribution in [0.3, 0.4) is 0 Å². The summed E-state index contributed by atoms with van der Waals surface area (Å²) < 4.78 is 11.2. The van der Waals surface area contributed by atoms with Crippen molar-refractivity contribution in [3.8, 4) is 0 Å². The molecule has 0 bridgehead atoms. The molecule has 2 atom stereocenters. The molecule has 0 fully saturated rings. The van der Waals surface area contributed by atoms with Crippen LogP contribution in [0.25, 0.3) is 0 Å². The van der Waals surface area contributed by atoms with E-state index in [4.69, 9.17) is 9.47 Å². The molecule has 0 saturated carbocycles. The average Bonchev–Trinajstić information content (AvgIpc) is 2.86. The van der Waals surface area contributed by atoms with Crippen molar-refractivity contribution in [2.75, 3.05) is 12.9 Å². The summed E-state index contributed by atoms with van der Waals surface area (Å²) in [6, 6.07) is 18.1. The predicted molar refractivity (Wildman–Crippen MR) is 149 cm³/mol. The highest BCUT2D eigenvalue weighted by Crippen LogP contribution is 2.42. The van der Waals surface area contributed by atoms with Gasteiger partial charge >= 0.3 is 11.9 Å². The zero-order valence-corrected chi connectivity index (χ0v) is 23.9. The summed E-state index contributed by atoms with van der Waals surface area (Å²) >= 11 is 5.42. The molecular formula is C29H34BrNO4S. The molecule has 0 aliphatic carbocycles. The number of carbonyl (C=O) groups is 2. The molecule has 1 N–H and O–H groups in total. The highest BCUT2D eigenvalue weighted by atomic mass is 79.9. The number of thioether (sulfide) groups is 1. The quantitative estimate of drug-likeness (QED) is 0.187. The van der Waals surface area contributed by atoms with E-state index in [-0.39, 0.29) is 17.5 Å². The Kier molecular flexibility index (Phi) is 10.3. The van der Waals surface area contributed by atoms with E-state index in [0.717, 1.165) is 22.6 Å². The molecule has 36 heavy (non-hydrogen) atoms. The normalized spacial score (nSPS) is 16.6. The van der Waals surface area contributed by atoms with Gasteiger partial charge in [-0.05, 0) is 70.1 Å². The molecule has 2 unspecified atom stereocenters. The van der Waals surface area contributed by atoms with E-state index in [2.05, 4.69) is 33.4 Å². The van der Waals surface area contributed by atoms with E-state index in [0.29, 0.717) is 23.3 Å². The summed E-state index contributed by atoms with van der Waals surface area (Å²) in [5, 5.41) is 3.38. The molecule has 1 aliphatic rings. The van der Waals surface area contributed by atoms with Gasteiger partial charge in [-0.3, -0.25) is 0 Å². The van der Waals surface area contributed by atoms with Gasteiger partial charge in [0.1, 0.15) is 0 Å². The van der Waals surface area contributed by atoms with Gasteiger partial charge in [0.15, 0.2) is 0 Å². The van der Waals surface area contributed by atoms with Crippen LogP contribution in [0.5, 0.6) is 0 Å². The fourth-order valence-electron chi connectivity index (χ4n) is 4.35. The zero-order chi connectivity index (χ0) is 26.2. The number of dihydropyridines is 1. The maximum Gasteiger partial charge on any atom is 0.337 e. The summed E-state index contributed by atoms with van der Waals surface area (Å²) in [4.78, 5) is 27.9. The van der Waals surface area contributed by atoms with Crippen molar-refractivity contribution in [3.05, 3.63) is 88.3 Å². The number of carbonyl (C=O) groups excluding carboxylic acids is 2. The highest BCUT2D eigenvalue weighted by molar-refractivity contribution is 9.09. The third-order valence-electron chi connectivity index (χ3n) is 5.94. The summed E-state index contributed by atoms with van der Waals surface area (Å²) in [6.07, 6.45) is 3.07. The number of alkyl halides is 1. The van der Waals surface area contributed by atoms with Gasteiger partial charge in [0.25, 0.3) is 0 Å². The first kappa shape index (κ1) is 28.1. The lowest BCUT2D eigenvalue weighted by Crippen LogP contribution is -2.34. The van der Waals surface area contributed by atoms with Gasteiger partial charge < -0.3 is 14.8 Å². The van der Waals surface area contributed by atoms with Gasteiger partial charge in [0, 0.05) is 21.1 Å². The number of hydrogen-bond acceptors (Lipinski definition) is 6. The average molecular weight is 573 g/mol. The van der Waals surface area contributed by atoms with Crippen LogP contribution >= 0.6 is 27.7 Å². The van der Waals surface area contributed by atoms with Gasteiger partial charge in [-0.15, -0.1) is 11.8 Å². The molecule has 192 valence electrons. The van der Waals surface area contributed by atoms with E-state index in [1.54, 1.807) is 18.7 Å². The summed E-state index contributed by atoms with van der Waals surface area (Å²) in [7, 11) is 0. The second-order valence-corrected chi connectivity index (χ2v) is 10.8. The van der Waals surface area contributed by atoms with Crippen LogP contribution in [0.2, 0.25) is 0 Å². The Hall–Kier alpha value is -2.51. The van der Waals surface area contributed by atoms with Crippen LogP contribution in [0.15, 0.2) is 82.0 Å². The van der Waals surface area contributed by atoms with Crippen LogP contribution in [0.4, 0.5) is 0 Å². The van der Waals surface area contributed by atoms with E-state index in [9.17, 15) is 9.59 Å². The number of esters is 2. The van der Waals surface area contributed by atoms with Crippen molar-refractivity contribution >= 4 is 39.6 Å². The molecule has 7 heteroatoms. The van der Waals surface area contributed by atoms with Crippen molar-refractivity contribution in [2.24, 2.45) is 0 Å². The number of allylic oxidation sites excluding steroid dienone is 2. The van der Waals surface area contributed by atoms with Crippen LogP contribution < -0.4 is 5.32 Å². The summed E-state index contributed by atoms with van der Waals surface area (Å²) in [5.41, 5.74) is 4.39. The molecule has 5 nitrogen and oxygen atoms in total. The molecule has 0 radical (unpaired) electrons. The number of nitrogens with one attached hydrogen (secondary N) is 1. The number of hydrogen-bond donors (Lipinski definition) is 1. The first-order valence-corrected chi connectivity index (χ1v) is 14.3. The topological polar surface area (TPSA) is 64.6 Å². The number of halogens is 1. The van der Waals surface area contributed by atoms with E-state index >= 15 is 0 Å². The van der Waals surface area contributed by atoms with Gasteiger partial charge in [-0.2, -0.15) is 0 Å². The fraction of sp³-hybridized carbons (Fsp3) is 0.379. The molecule has 2 aromatic carbocycles. The Morgan fingerprint density at radius 3 is 2.42 bits per heavy atom. The van der Waals surface area contributed by atoms with Crippen LogP contribution in [-0.2, 0) is 19.1 Å². The molecule has 2 aromatic rings. The van der Waals surface area contributed by atoms with Gasteiger partial charge in [0.2, 0.25) is 0 Å². The first-order chi connectivity index (χ1) is 17.3. The Labute approximate surface area is 226 Å². The summed E-state index contributed by atoms with van der Waals surface area (Å²) in [6.45, 7) is 7.54. The number of rotatable bonds is 10. The zero-order valence-electron chi connectivity index (χ0n) is 21.5. The monoisotopic (exact) mass is 571 g/mol. The smallest absolute Gasteiger partial charge is 0.337 e. The van der Waals surface area contributed by atoms with Gasteiger partial charge in [0.05, 0.1) is 29.8 Å². The third kappa shape index (κ3) is 6.83. The first-order valence-electron chi connectivity index (χ1n) is 12.2. The maximum absolute atomic E-state index is 13.4. The Bertz CT molecular complexity index is 1140. The van der Waals surface area contributed by atoms with Crippen LogP contribution in [-0.4, -0.2) is 30.9 Å². The Morgan fingerprint density at radius 1 is 1.06 bits per heavy atom. The summed E-state index contributed by atoms with van der Waals surface area (Å²) in [5.74, 6) is -1.45. The van der Waals surface area contributed by atoms with Crippen molar-refractivity contribution in [1.29, 1.82) is 0 Å². The van der Waals surface area contributed by atoms with E-state index in [1.807, 2.05) is 69.5 Å². The second-order valence-electron chi connectivity index (χ2n) is 8.86. The molecule has 0 aromatic heterocycles. The van der Waals surface area contributed by atoms with Crippen LogP contribution in [0, 0.1) is 0 Å². The lowest BCUT2D eigenvalue weighted by atomic mass is 9.79. The minimum absolute atomic E-state index is 0.117. The molecule has 0 spiro atoms. The standard InChI is InChI=1S/C29H34BrNO4S/c1-6-34-28(32)27-24(16-15-23(30)20-11-8-7-9-12-20)31-19(4)25(29(33)35-18(2)3)26(27)21-13-10-14-22(17-21)36-5/h7-14,17-18,23,26,31H,6,15-16H2,1-5H3. The van der Waals surface area contributed by atoms with Crippen molar-refractivity contribution < 1.29 is 19.1 Å². The van der Waals surface area contributed by atoms with E-state index < -0.39 is 17.9 Å². The lowest BCUT2D eigenvalue weighted by Gasteiger charge is -2.32. The number of ether oxygens (including phenoxy) is 2. The Morgan fingerprint density at radius 2 is 1.78 bits per heavy atom. The third-order valence-corrected chi connectivity index (χ3v) is 7.65. The largest absolute Gasteiger partial charge is 0.463 e. The molecule has 0 amide bonds. The minimum atomic E-state index is -0.593. The van der Waals surface area contributed by atoms with Gasteiger partial charge in [-0.1, -0.05) is 58.4 Å². The van der Waals surface area contributed by atoms with Crippen molar-refractivity contribution in [1.82, 2.24) is 5.32 Å². The molecule has 1 aliphatic heterocycles. The molecule has 3 rings (SSSR count). The van der Waals surface area contributed by atoms with Crippen LogP contribution in [0.1, 0.15) is 62.4 Å². The molecular weight excluding hydrogens is 538 g/mol. The number of benzene rings is 2. The van der Waals surface area contributed by atoms with Gasteiger partial charge in [-0.25, -0.2) is 9.59 Å². The molecule has 1 heterocycles.